The fourth-order valence-electron chi connectivity index (χ4n) is 1.90. The van der Waals surface area contributed by atoms with Gasteiger partial charge in [-0.1, -0.05) is 0 Å². The molecule has 0 unspecified atom stereocenters. The smallest absolute Gasteiger partial charge is 0.265 e. The molecule has 8 nitrogen and oxygen atoms in total. The topological polar surface area (TPSA) is 96.3 Å². The lowest BCUT2D eigenvalue weighted by Gasteiger charge is -2.17. The van der Waals surface area contributed by atoms with Crippen molar-refractivity contribution in [1.82, 2.24) is 20.0 Å². The van der Waals surface area contributed by atoms with Gasteiger partial charge in [-0.25, -0.2) is 8.42 Å². The second kappa shape index (κ2) is 9.97. The minimum Gasteiger partial charge on any atom is -0.340 e. The summed E-state index contributed by atoms with van der Waals surface area (Å²) in [6.07, 6.45) is 2.95. The highest BCUT2D eigenvalue weighted by molar-refractivity contribution is 7.93. The Balaban J connectivity index is 0.00000288. The zero-order valence-corrected chi connectivity index (χ0v) is 17.2. The highest BCUT2D eigenvalue weighted by Gasteiger charge is 2.26. The molecule has 0 saturated heterocycles. The molecule has 25 heavy (non-hydrogen) atoms. The van der Waals surface area contributed by atoms with Crippen LogP contribution in [-0.4, -0.2) is 56.2 Å². The van der Waals surface area contributed by atoms with Gasteiger partial charge in [0.1, 0.15) is 9.77 Å². The van der Waals surface area contributed by atoms with Crippen LogP contribution in [0.4, 0.5) is 5.69 Å². The first kappa shape index (κ1) is 23.7. The van der Waals surface area contributed by atoms with Gasteiger partial charge in [0.25, 0.3) is 15.9 Å². The third-order valence-electron chi connectivity index (χ3n) is 3.11. The van der Waals surface area contributed by atoms with E-state index in [1.165, 1.54) is 21.8 Å². The van der Waals surface area contributed by atoms with E-state index in [4.69, 9.17) is 0 Å². The van der Waals surface area contributed by atoms with Crippen LogP contribution >= 0.6 is 36.2 Å². The maximum atomic E-state index is 12.5. The van der Waals surface area contributed by atoms with Crippen LogP contribution in [0.15, 0.2) is 28.7 Å². The van der Waals surface area contributed by atoms with Gasteiger partial charge >= 0.3 is 0 Å². The number of nitrogens with zero attached hydrogens (tertiary/aromatic N) is 3. The average molecular weight is 430 g/mol. The maximum absolute atomic E-state index is 12.5. The van der Waals surface area contributed by atoms with E-state index in [1.807, 2.05) is 0 Å². The quantitative estimate of drug-likeness (QED) is 0.693. The minimum atomic E-state index is -3.84. The summed E-state index contributed by atoms with van der Waals surface area (Å²) in [6, 6.07) is 1.43. The number of sulfonamides is 1. The molecule has 0 bridgehead atoms. The highest BCUT2D eigenvalue weighted by Crippen LogP contribution is 2.25. The molecule has 0 fully saturated rings. The molecule has 12 heteroatoms. The predicted octanol–water partition coefficient (Wildman–Crippen LogP) is 1.42. The Kier molecular flexibility index (Phi) is 9.44. The summed E-state index contributed by atoms with van der Waals surface area (Å²) in [7, 11) is 1.28. The van der Waals surface area contributed by atoms with Crippen molar-refractivity contribution in [2.75, 3.05) is 31.9 Å². The van der Waals surface area contributed by atoms with Crippen molar-refractivity contribution in [3.63, 3.8) is 0 Å². The molecule has 0 aliphatic carbocycles. The first-order valence-corrected chi connectivity index (χ1v) is 9.20. The summed E-state index contributed by atoms with van der Waals surface area (Å²) >= 11 is 1.11. The Morgan fingerprint density at radius 1 is 1.40 bits per heavy atom. The lowest BCUT2D eigenvalue weighted by atomic mass is 10.4. The molecule has 0 radical (unpaired) electrons. The van der Waals surface area contributed by atoms with Crippen LogP contribution in [0.1, 0.15) is 9.67 Å². The molecule has 2 aromatic heterocycles. The Morgan fingerprint density at radius 2 is 2.08 bits per heavy atom. The van der Waals surface area contributed by atoms with Crippen molar-refractivity contribution in [1.29, 1.82) is 0 Å². The molecule has 0 atom stereocenters. The molecule has 0 saturated carbocycles. The number of hydrogen-bond donors (Lipinski definition) is 2. The summed E-state index contributed by atoms with van der Waals surface area (Å²) < 4.78 is 28.9. The van der Waals surface area contributed by atoms with Crippen LogP contribution in [-0.2, 0) is 17.1 Å². The van der Waals surface area contributed by atoms with Crippen LogP contribution in [0.5, 0.6) is 0 Å². The summed E-state index contributed by atoms with van der Waals surface area (Å²) in [6.45, 7) is 1.12. The Morgan fingerprint density at radius 3 is 2.64 bits per heavy atom. The van der Waals surface area contributed by atoms with Crippen molar-refractivity contribution in [3.8, 4) is 0 Å². The molecular weight excluding hydrogens is 409 g/mol. The molecule has 0 spiro atoms. The van der Waals surface area contributed by atoms with Crippen molar-refractivity contribution in [2.45, 2.75) is 4.90 Å². The maximum Gasteiger partial charge on any atom is 0.265 e. The lowest BCUT2D eigenvalue weighted by molar-refractivity contribution is 0.0798. The largest absolute Gasteiger partial charge is 0.340 e. The van der Waals surface area contributed by atoms with Crippen LogP contribution in [0, 0.1) is 0 Å². The molecule has 2 rings (SSSR count). The zero-order valence-electron chi connectivity index (χ0n) is 13.9. The van der Waals surface area contributed by atoms with Gasteiger partial charge in [0, 0.05) is 33.4 Å². The Labute approximate surface area is 163 Å². The lowest BCUT2D eigenvalue weighted by Crippen LogP contribution is -2.33. The standard InChI is InChI=1S/C13H19N5O3S2.2ClH/c1-14-5-6-17(2)13(19)12-11(4-7-22-12)23(20,21)16-10-8-15-18(3)9-10;;/h4,7-9,14,16H,5-6H2,1-3H3;2*1H. The summed E-state index contributed by atoms with van der Waals surface area (Å²) in [4.78, 5) is 14.1. The predicted molar refractivity (Wildman–Crippen MR) is 104 cm³/mol. The number of rotatable bonds is 7. The summed E-state index contributed by atoms with van der Waals surface area (Å²) in [5.74, 6) is -0.318. The van der Waals surface area contributed by atoms with Gasteiger partial charge in [-0.15, -0.1) is 36.2 Å². The highest BCUT2D eigenvalue weighted by atomic mass is 35.5. The van der Waals surface area contributed by atoms with E-state index in [-0.39, 0.29) is 40.5 Å². The zero-order chi connectivity index (χ0) is 17.0. The van der Waals surface area contributed by atoms with E-state index in [0.717, 1.165) is 11.3 Å². The number of aromatic nitrogens is 2. The molecule has 2 N–H and O–H groups in total. The minimum absolute atomic E-state index is 0. The molecule has 2 aromatic rings. The van der Waals surface area contributed by atoms with Crippen LogP contribution in [0.25, 0.3) is 0 Å². The van der Waals surface area contributed by atoms with Crippen LogP contribution in [0.3, 0.4) is 0 Å². The van der Waals surface area contributed by atoms with E-state index in [1.54, 1.807) is 32.7 Å². The number of hydrogen-bond acceptors (Lipinski definition) is 6. The van der Waals surface area contributed by atoms with Crippen molar-refractivity contribution < 1.29 is 13.2 Å². The first-order chi connectivity index (χ1) is 10.8. The summed E-state index contributed by atoms with van der Waals surface area (Å²) in [5.41, 5.74) is 0.348. The van der Waals surface area contributed by atoms with Crippen LogP contribution in [0.2, 0.25) is 0 Å². The molecule has 142 valence electrons. The Hall–Kier alpha value is -1.33. The third-order valence-corrected chi connectivity index (χ3v) is 5.57. The number of nitrogens with one attached hydrogen (secondary N) is 2. The normalized spacial score (nSPS) is 10.5. The molecular formula is C13H21Cl2N5O3S2. The molecule has 1 amide bonds. The van der Waals surface area contributed by atoms with Gasteiger partial charge < -0.3 is 10.2 Å². The average Bonchev–Trinajstić information content (AvgIpc) is 3.13. The van der Waals surface area contributed by atoms with E-state index < -0.39 is 10.0 Å². The van der Waals surface area contributed by atoms with Gasteiger partial charge in [0.2, 0.25) is 0 Å². The monoisotopic (exact) mass is 429 g/mol. The second-order valence-electron chi connectivity index (χ2n) is 4.95. The van der Waals surface area contributed by atoms with Crippen LogP contribution < -0.4 is 10.0 Å². The van der Waals surface area contributed by atoms with Gasteiger partial charge in [0.05, 0.1) is 11.9 Å². The van der Waals surface area contributed by atoms with Gasteiger partial charge in [-0.05, 0) is 18.5 Å². The molecule has 0 aromatic carbocycles. The number of carbonyl (C=O) groups is 1. The van der Waals surface area contributed by atoms with E-state index in [0.29, 0.717) is 18.8 Å². The number of thiophene rings is 1. The van der Waals surface area contributed by atoms with E-state index in [9.17, 15) is 13.2 Å². The number of amides is 1. The van der Waals surface area contributed by atoms with Crippen molar-refractivity contribution >= 4 is 57.8 Å². The second-order valence-corrected chi connectivity index (χ2v) is 7.52. The molecule has 2 heterocycles. The van der Waals surface area contributed by atoms with E-state index in [2.05, 4.69) is 15.1 Å². The van der Waals surface area contributed by atoms with Gasteiger partial charge in [-0.2, -0.15) is 5.10 Å². The number of aryl methyl sites for hydroxylation is 1. The number of anilines is 1. The van der Waals surface area contributed by atoms with Crippen molar-refractivity contribution in [3.05, 3.63) is 28.7 Å². The fourth-order valence-corrected chi connectivity index (χ4v) is 4.35. The SMILES string of the molecule is CNCCN(C)C(=O)c1sccc1S(=O)(=O)Nc1cnn(C)c1.Cl.Cl. The van der Waals surface area contributed by atoms with Gasteiger partial charge in [0.15, 0.2) is 0 Å². The fraction of sp³-hybridized carbons (Fsp3) is 0.385. The number of halogens is 2. The first-order valence-electron chi connectivity index (χ1n) is 6.84. The van der Waals surface area contributed by atoms with Gasteiger partial charge in [-0.3, -0.25) is 14.2 Å². The van der Waals surface area contributed by atoms with Crippen molar-refractivity contribution in [2.24, 2.45) is 7.05 Å². The number of likely N-dealkylation sites (N-methyl/N-ethyl adjacent to an activating group) is 2. The van der Waals surface area contributed by atoms with E-state index >= 15 is 0 Å². The molecule has 0 aliphatic heterocycles. The summed E-state index contributed by atoms with van der Waals surface area (Å²) in [5, 5.41) is 8.45. The Bertz CT molecular complexity index is 791. The number of carbonyl (C=O) groups excluding carboxylic acids is 1. The third kappa shape index (κ3) is 5.86. The molecule has 0 aliphatic rings.